The Morgan fingerprint density at radius 2 is 1.91 bits per heavy atom. The number of hydrogen-bond donors (Lipinski definition) is 2. The van der Waals surface area contributed by atoms with Crippen LogP contribution in [0.15, 0.2) is 23.8 Å². The highest BCUT2D eigenvalue weighted by Gasteiger charge is 2.80. The molecule has 1 aliphatic heterocycles. The van der Waals surface area contributed by atoms with Crippen molar-refractivity contribution in [2.24, 2.45) is 44.8 Å². The number of hydrogen-bond acceptors (Lipinski definition) is 5. The van der Waals surface area contributed by atoms with Crippen molar-refractivity contribution in [1.29, 1.82) is 0 Å². The zero-order valence-electron chi connectivity index (χ0n) is 21.5. The van der Waals surface area contributed by atoms with Gasteiger partial charge in [-0.15, -0.1) is 0 Å². The molecule has 9 unspecified atom stereocenters. The highest BCUT2D eigenvalue weighted by atomic mass is 19.1. The Morgan fingerprint density at radius 3 is 2.57 bits per heavy atom. The molecule has 4 saturated carbocycles. The Bertz CT molecular complexity index is 1050. The fraction of sp³-hybridized carbons (Fsp3) is 0.793. The normalized spacial score (nSPS) is 53.0. The van der Waals surface area contributed by atoms with E-state index in [4.69, 9.17) is 0 Å². The van der Waals surface area contributed by atoms with Crippen LogP contribution in [0, 0.1) is 44.8 Å². The molecule has 0 amide bonds. The lowest BCUT2D eigenvalue weighted by Gasteiger charge is -2.70. The summed E-state index contributed by atoms with van der Waals surface area (Å²) in [6.45, 7) is 10.4. The third kappa shape index (κ3) is 2.64. The first kappa shape index (κ1) is 24.0. The number of likely N-dealkylation sites (tertiary alicyclic amines) is 1. The third-order valence-electron chi connectivity index (χ3n) is 12.6. The molecule has 0 spiro atoms. The number of nitrogens with zero attached hydrogens (tertiary/aromatic N) is 1. The van der Waals surface area contributed by atoms with E-state index in [2.05, 4.69) is 25.7 Å². The van der Waals surface area contributed by atoms with Crippen LogP contribution in [0.1, 0.15) is 59.8 Å². The van der Waals surface area contributed by atoms with Crippen molar-refractivity contribution in [3.8, 4) is 0 Å². The van der Waals surface area contributed by atoms with Gasteiger partial charge in [0.05, 0.1) is 11.5 Å². The van der Waals surface area contributed by atoms with E-state index in [0.717, 1.165) is 19.5 Å². The molecule has 9 atom stereocenters. The largest absolute Gasteiger partial charge is 0.392 e. The van der Waals surface area contributed by atoms with Gasteiger partial charge >= 0.3 is 0 Å². The monoisotopic (exact) mass is 485 g/mol. The summed E-state index contributed by atoms with van der Waals surface area (Å²) in [7, 11) is 0. The number of aliphatic hydroxyl groups excluding tert-OH is 2. The number of fused-ring (bicyclic) bond motifs is 7. The summed E-state index contributed by atoms with van der Waals surface area (Å²) in [6, 6.07) is 0. The molecule has 5 fully saturated rings. The highest BCUT2D eigenvalue weighted by molar-refractivity contribution is 6.01. The van der Waals surface area contributed by atoms with Gasteiger partial charge in [-0.3, -0.25) is 9.59 Å². The summed E-state index contributed by atoms with van der Waals surface area (Å²) in [4.78, 5) is 28.3. The van der Waals surface area contributed by atoms with Crippen molar-refractivity contribution in [3.05, 3.63) is 23.8 Å². The smallest absolute Gasteiger partial charge is 0.178 e. The minimum absolute atomic E-state index is 0.0942. The Labute approximate surface area is 207 Å². The number of Topliss-reactive ketones (excluding diaryl/α,β-unsaturated/α-hetero) is 1. The van der Waals surface area contributed by atoms with Crippen LogP contribution in [0.2, 0.25) is 0 Å². The minimum atomic E-state index is -1.25. The van der Waals surface area contributed by atoms with Crippen LogP contribution >= 0.6 is 0 Å². The zero-order valence-corrected chi connectivity index (χ0v) is 21.5. The van der Waals surface area contributed by atoms with E-state index in [1.165, 1.54) is 25.0 Å². The molecular formula is C29H40FNO4. The van der Waals surface area contributed by atoms with Crippen molar-refractivity contribution in [3.63, 3.8) is 0 Å². The molecular weight excluding hydrogens is 445 g/mol. The molecule has 5 aliphatic carbocycles. The van der Waals surface area contributed by atoms with Crippen LogP contribution in [0.3, 0.4) is 0 Å². The fourth-order valence-corrected chi connectivity index (χ4v) is 10.3. The van der Waals surface area contributed by atoms with Crippen LogP contribution in [0.25, 0.3) is 0 Å². The van der Waals surface area contributed by atoms with Crippen molar-refractivity contribution in [2.75, 3.05) is 26.2 Å². The van der Waals surface area contributed by atoms with E-state index in [-0.39, 0.29) is 35.2 Å². The van der Waals surface area contributed by atoms with E-state index in [0.29, 0.717) is 24.5 Å². The first-order valence-electron chi connectivity index (χ1n) is 13.5. The van der Waals surface area contributed by atoms with Gasteiger partial charge in [0.25, 0.3) is 0 Å². The second-order valence-electron chi connectivity index (χ2n) is 13.6. The van der Waals surface area contributed by atoms with Crippen molar-refractivity contribution >= 4 is 11.6 Å². The van der Waals surface area contributed by atoms with Crippen LogP contribution in [0.4, 0.5) is 4.39 Å². The van der Waals surface area contributed by atoms with Gasteiger partial charge in [0.1, 0.15) is 12.8 Å². The molecule has 6 aliphatic rings. The maximum atomic E-state index is 15.9. The van der Waals surface area contributed by atoms with Crippen LogP contribution < -0.4 is 0 Å². The van der Waals surface area contributed by atoms with Crippen molar-refractivity contribution in [1.82, 2.24) is 4.90 Å². The van der Waals surface area contributed by atoms with Gasteiger partial charge in [0.15, 0.2) is 11.6 Å². The number of ketones is 2. The van der Waals surface area contributed by atoms with E-state index < -0.39 is 40.5 Å². The van der Waals surface area contributed by atoms with Gasteiger partial charge in [-0.1, -0.05) is 33.8 Å². The summed E-state index contributed by atoms with van der Waals surface area (Å²) in [5.74, 6) is 0.347. The molecule has 1 heterocycles. The summed E-state index contributed by atoms with van der Waals surface area (Å²) in [6.07, 6.45) is 6.79. The third-order valence-corrected chi connectivity index (χ3v) is 12.6. The van der Waals surface area contributed by atoms with Crippen molar-refractivity contribution in [2.45, 2.75) is 72.1 Å². The summed E-state index contributed by atoms with van der Waals surface area (Å²) in [5.41, 5.74) is -2.60. The second kappa shape index (κ2) is 7.14. The first-order valence-corrected chi connectivity index (χ1v) is 13.5. The lowest BCUT2D eigenvalue weighted by Crippen LogP contribution is -2.69. The molecule has 192 valence electrons. The average molecular weight is 486 g/mol. The van der Waals surface area contributed by atoms with Crippen molar-refractivity contribution < 1.29 is 24.2 Å². The lowest BCUT2D eigenvalue weighted by molar-refractivity contribution is -0.230. The number of halogens is 1. The zero-order chi connectivity index (χ0) is 25.2. The van der Waals surface area contributed by atoms with Gasteiger partial charge in [0.2, 0.25) is 0 Å². The molecule has 1 saturated heterocycles. The first-order chi connectivity index (χ1) is 16.4. The predicted octanol–water partition coefficient (Wildman–Crippen LogP) is 3.49. The number of aliphatic hydroxyl groups is 2. The average Bonchev–Trinajstić information content (AvgIpc) is 3.51. The molecule has 0 radical (unpaired) electrons. The highest BCUT2D eigenvalue weighted by Crippen LogP contribution is 2.80. The van der Waals surface area contributed by atoms with Gasteiger partial charge in [-0.25, -0.2) is 4.39 Å². The molecule has 35 heavy (non-hydrogen) atoms. The van der Waals surface area contributed by atoms with E-state index >= 15 is 4.39 Å². The molecule has 0 aromatic carbocycles. The standard InChI is InChI=1S/C29H40FNO4/c1-25-8-7-19(33)9-20(25)21(30)10-22-26(2)11-18-14-31(13-17-5-6-17)16-29(18,24(35)15-32)27(26,3)12-23(34)28(22,25)4/h7-9,17-18,21-23,32,34H,5-6,10-16H2,1-4H3. The van der Waals surface area contributed by atoms with Gasteiger partial charge in [0, 0.05) is 30.5 Å². The molecule has 2 N–H and O–H groups in total. The second-order valence-corrected chi connectivity index (χ2v) is 13.6. The van der Waals surface area contributed by atoms with E-state index in [1.807, 2.05) is 13.0 Å². The number of carbonyl (C=O) groups is 2. The van der Waals surface area contributed by atoms with Crippen LogP contribution in [0.5, 0.6) is 0 Å². The maximum Gasteiger partial charge on any atom is 0.178 e. The van der Waals surface area contributed by atoms with E-state index in [1.54, 1.807) is 0 Å². The van der Waals surface area contributed by atoms with Crippen LogP contribution in [-0.2, 0) is 9.59 Å². The molecule has 0 aromatic rings. The Balaban J connectivity index is 1.48. The maximum absolute atomic E-state index is 15.9. The van der Waals surface area contributed by atoms with E-state index in [9.17, 15) is 19.8 Å². The molecule has 0 aromatic heterocycles. The quantitative estimate of drug-likeness (QED) is 0.638. The SMILES string of the molecule is CC12C=CC(=O)C=C1C(F)CC1C3(C)CC4CN(CC5CC5)CC4(C(=O)CO)C3(C)CC(O)C12C. The summed E-state index contributed by atoms with van der Waals surface area (Å²) in [5, 5.41) is 22.2. The topological polar surface area (TPSA) is 77.8 Å². The lowest BCUT2D eigenvalue weighted by atomic mass is 9.34. The molecule has 0 bridgehead atoms. The van der Waals surface area contributed by atoms with Gasteiger partial charge in [-0.2, -0.15) is 0 Å². The number of rotatable bonds is 4. The predicted molar refractivity (Wildman–Crippen MR) is 130 cm³/mol. The molecule has 6 heteroatoms. The number of carbonyl (C=O) groups excluding carboxylic acids is 2. The Hall–Kier alpha value is -1.37. The Kier molecular flexibility index (Phi) is 4.89. The van der Waals surface area contributed by atoms with Gasteiger partial charge in [-0.05, 0) is 78.4 Å². The van der Waals surface area contributed by atoms with Crippen LogP contribution in [-0.4, -0.2) is 65.2 Å². The minimum Gasteiger partial charge on any atom is -0.392 e. The molecule has 6 rings (SSSR count). The Morgan fingerprint density at radius 1 is 1.20 bits per heavy atom. The summed E-state index contributed by atoms with van der Waals surface area (Å²) < 4.78 is 15.9. The summed E-state index contributed by atoms with van der Waals surface area (Å²) >= 11 is 0. The number of alkyl halides is 1. The van der Waals surface area contributed by atoms with Gasteiger partial charge < -0.3 is 15.1 Å². The fourth-order valence-electron chi connectivity index (χ4n) is 10.3. The number of allylic oxidation sites excluding steroid dienone is 4. The molecule has 5 nitrogen and oxygen atoms in total.